The van der Waals surface area contributed by atoms with Crippen molar-refractivity contribution in [3.63, 3.8) is 0 Å². The van der Waals surface area contributed by atoms with Gasteiger partial charge >= 0.3 is 0 Å². The summed E-state index contributed by atoms with van der Waals surface area (Å²) in [6, 6.07) is 13.1. The molecule has 1 aliphatic carbocycles. The average molecular weight is 464 g/mol. The Kier molecular flexibility index (Phi) is 6.32. The second-order valence-corrected chi connectivity index (χ2v) is 9.78. The van der Waals surface area contributed by atoms with Gasteiger partial charge in [-0.2, -0.15) is 5.10 Å². The van der Waals surface area contributed by atoms with Crippen LogP contribution in [0.5, 0.6) is 5.75 Å². The molecular formula is C27H34FN5O. The van der Waals surface area contributed by atoms with E-state index >= 15 is 0 Å². The molecule has 2 heterocycles. The van der Waals surface area contributed by atoms with Gasteiger partial charge in [-0.25, -0.2) is 9.07 Å². The van der Waals surface area contributed by atoms with Gasteiger partial charge in [-0.1, -0.05) is 18.2 Å². The molecule has 1 aliphatic heterocycles. The van der Waals surface area contributed by atoms with Crippen LogP contribution in [0.2, 0.25) is 0 Å². The van der Waals surface area contributed by atoms with Crippen molar-refractivity contribution in [3.05, 3.63) is 70.7 Å². The highest BCUT2D eigenvalue weighted by Crippen LogP contribution is 2.36. The van der Waals surface area contributed by atoms with Crippen molar-refractivity contribution in [1.82, 2.24) is 19.6 Å². The minimum atomic E-state index is -0.244. The number of halogens is 1. The molecule has 2 aliphatic rings. The zero-order valence-electron chi connectivity index (χ0n) is 20.3. The van der Waals surface area contributed by atoms with Crippen molar-refractivity contribution in [2.24, 2.45) is 0 Å². The van der Waals surface area contributed by atoms with Crippen LogP contribution < -0.4 is 4.90 Å². The average Bonchev–Trinajstić information content (AvgIpc) is 3.62. The fourth-order valence-electron chi connectivity index (χ4n) is 4.86. The first-order valence-electron chi connectivity index (χ1n) is 12.2. The molecule has 2 aromatic carbocycles. The SMILES string of the molecule is Cc1cccc(CN(Cc2c(C)nn(-c3ccc(F)cc3)c2N2CCN(C)CC2)C2CC2)c1O. The molecule has 0 spiro atoms. The molecule has 0 bridgehead atoms. The standard InChI is InChI=1S/C27H34FN5O/c1-19-5-4-6-21(26(19)34)17-32(23-11-12-23)18-25-20(2)29-33(24-9-7-22(28)8-10-24)27(25)31-15-13-30(3)14-16-31/h4-10,23,34H,11-18H2,1-3H3. The van der Waals surface area contributed by atoms with Gasteiger partial charge < -0.3 is 14.9 Å². The van der Waals surface area contributed by atoms with Crippen molar-refractivity contribution in [3.8, 4) is 11.4 Å². The van der Waals surface area contributed by atoms with E-state index < -0.39 is 0 Å². The summed E-state index contributed by atoms with van der Waals surface area (Å²) in [7, 11) is 2.16. The van der Waals surface area contributed by atoms with Crippen molar-refractivity contribution in [2.75, 3.05) is 38.1 Å². The maximum atomic E-state index is 13.6. The maximum absolute atomic E-state index is 13.6. The zero-order valence-corrected chi connectivity index (χ0v) is 20.3. The van der Waals surface area contributed by atoms with Crippen LogP contribution >= 0.6 is 0 Å². The van der Waals surface area contributed by atoms with Crippen LogP contribution in [0.15, 0.2) is 42.5 Å². The van der Waals surface area contributed by atoms with E-state index in [1.54, 1.807) is 12.1 Å². The summed E-state index contributed by atoms with van der Waals surface area (Å²) in [4.78, 5) is 7.25. The molecule has 0 unspecified atom stereocenters. The van der Waals surface area contributed by atoms with Gasteiger partial charge in [-0.05, 0) is 63.6 Å². The molecular weight excluding hydrogens is 429 g/mol. The van der Waals surface area contributed by atoms with Gasteiger partial charge in [0.05, 0.1) is 11.4 Å². The third kappa shape index (κ3) is 4.68. The van der Waals surface area contributed by atoms with Gasteiger partial charge in [0.15, 0.2) is 0 Å². The minimum Gasteiger partial charge on any atom is -0.507 e. The van der Waals surface area contributed by atoms with Crippen molar-refractivity contribution in [2.45, 2.75) is 45.8 Å². The first-order valence-corrected chi connectivity index (χ1v) is 12.2. The number of phenols is 1. The lowest BCUT2D eigenvalue weighted by atomic mass is 10.1. The van der Waals surface area contributed by atoms with Crippen LogP contribution in [0.3, 0.4) is 0 Å². The van der Waals surface area contributed by atoms with Crippen LogP contribution in [0.4, 0.5) is 10.2 Å². The second kappa shape index (κ2) is 9.39. The van der Waals surface area contributed by atoms with E-state index in [0.29, 0.717) is 18.3 Å². The van der Waals surface area contributed by atoms with Gasteiger partial charge in [0, 0.05) is 56.4 Å². The molecule has 34 heavy (non-hydrogen) atoms. The number of aromatic nitrogens is 2. The summed E-state index contributed by atoms with van der Waals surface area (Å²) in [6.07, 6.45) is 2.36. The second-order valence-electron chi connectivity index (χ2n) is 9.78. The topological polar surface area (TPSA) is 47.8 Å². The molecule has 0 atom stereocenters. The summed E-state index contributed by atoms with van der Waals surface area (Å²) < 4.78 is 15.6. The molecule has 180 valence electrons. The summed E-state index contributed by atoms with van der Waals surface area (Å²) in [6.45, 7) is 9.35. The van der Waals surface area contributed by atoms with E-state index in [1.807, 2.05) is 29.8 Å². The Hall–Kier alpha value is -2.90. The summed E-state index contributed by atoms with van der Waals surface area (Å²) in [5.41, 5.74) is 4.97. The largest absolute Gasteiger partial charge is 0.507 e. The molecule has 7 heteroatoms. The Morgan fingerprint density at radius 2 is 1.71 bits per heavy atom. The van der Waals surface area contributed by atoms with Crippen LogP contribution in [0.25, 0.3) is 5.69 Å². The van der Waals surface area contributed by atoms with Gasteiger partial charge in [0.1, 0.15) is 17.4 Å². The highest BCUT2D eigenvalue weighted by molar-refractivity contribution is 5.56. The summed E-state index contributed by atoms with van der Waals surface area (Å²) >= 11 is 0. The first-order chi connectivity index (χ1) is 16.4. The molecule has 2 fully saturated rings. The Labute approximate surface area is 201 Å². The van der Waals surface area contributed by atoms with E-state index in [0.717, 1.165) is 61.0 Å². The van der Waals surface area contributed by atoms with E-state index in [4.69, 9.17) is 5.10 Å². The number of aryl methyl sites for hydroxylation is 2. The lowest BCUT2D eigenvalue weighted by molar-refractivity contribution is 0.241. The number of hydrogen-bond donors (Lipinski definition) is 1. The quantitative estimate of drug-likeness (QED) is 0.568. The number of benzene rings is 2. The van der Waals surface area contributed by atoms with Gasteiger partial charge in [-0.15, -0.1) is 0 Å². The molecule has 1 N–H and O–H groups in total. The lowest BCUT2D eigenvalue weighted by Gasteiger charge is -2.35. The van der Waals surface area contributed by atoms with Crippen molar-refractivity contribution in [1.29, 1.82) is 0 Å². The number of aromatic hydroxyl groups is 1. The van der Waals surface area contributed by atoms with E-state index in [9.17, 15) is 9.50 Å². The Balaban J connectivity index is 1.51. The van der Waals surface area contributed by atoms with Crippen LogP contribution in [0.1, 0.15) is 35.2 Å². The number of phenolic OH excluding ortho intramolecular Hbond substituents is 1. The smallest absolute Gasteiger partial charge is 0.137 e. The molecule has 3 aromatic rings. The minimum absolute atomic E-state index is 0.244. The third-order valence-electron chi connectivity index (χ3n) is 7.15. The molecule has 0 amide bonds. The predicted molar refractivity (Wildman–Crippen MR) is 133 cm³/mol. The molecule has 1 saturated carbocycles. The molecule has 1 saturated heterocycles. The number of hydrogen-bond acceptors (Lipinski definition) is 5. The Bertz CT molecular complexity index is 1150. The van der Waals surface area contributed by atoms with Gasteiger partial charge in [0.25, 0.3) is 0 Å². The third-order valence-corrected chi connectivity index (χ3v) is 7.15. The van der Waals surface area contributed by atoms with E-state index in [1.165, 1.54) is 30.5 Å². The fourth-order valence-corrected chi connectivity index (χ4v) is 4.86. The highest BCUT2D eigenvalue weighted by atomic mass is 19.1. The molecule has 5 rings (SSSR count). The van der Waals surface area contributed by atoms with Gasteiger partial charge in [-0.3, -0.25) is 4.90 Å². The zero-order chi connectivity index (χ0) is 23.8. The number of rotatable bonds is 7. The first kappa shape index (κ1) is 22.9. The Morgan fingerprint density at radius 1 is 1.00 bits per heavy atom. The van der Waals surface area contributed by atoms with Crippen LogP contribution in [-0.4, -0.2) is 64.0 Å². The van der Waals surface area contributed by atoms with Gasteiger partial charge in [0.2, 0.25) is 0 Å². The number of anilines is 1. The normalized spacial score (nSPS) is 17.0. The van der Waals surface area contributed by atoms with E-state index in [-0.39, 0.29) is 5.82 Å². The van der Waals surface area contributed by atoms with Crippen LogP contribution in [0, 0.1) is 19.7 Å². The summed E-state index contributed by atoms with van der Waals surface area (Å²) in [5.74, 6) is 1.26. The summed E-state index contributed by atoms with van der Waals surface area (Å²) in [5, 5.41) is 15.6. The predicted octanol–water partition coefficient (Wildman–Crippen LogP) is 4.25. The highest BCUT2D eigenvalue weighted by Gasteiger charge is 2.33. The van der Waals surface area contributed by atoms with Crippen molar-refractivity contribution < 1.29 is 9.50 Å². The number of piperazine rings is 1. The maximum Gasteiger partial charge on any atom is 0.137 e. The van der Waals surface area contributed by atoms with E-state index in [2.05, 4.69) is 28.7 Å². The number of likely N-dealkylation sites (N-methyl/N-ethyl adjacent to an activating group) is 1. The van der Waals surface area contributed by atoms with Crippen molar-refractivity contribution >= 4 is 5.82 Å². The fraction of sp³-hybridized carbons (Fsp3) is 0.444. The molecule has 0 radical (unpaired) electrons. The molecule has 6 nitrogen and oxygen atoms in total. The number of para-hydroxylation sites is 1. The lowest BCUT2D eigenvalue weighted by Crippen LogP contribution is -2.45. The molecule has 1 aromatic heterocycles. The van der Waals surface area contributed by atoms with Crippen LogP contribution in [-0.2, 0) is 13.1 Å². The Morgan fingerprint density at radius 3 is 2.38 bits per heavy atom. The number of nitrogens with zero attached hydrogens (tertiary/aromatic N) is 5. The monoisotopic (exact) mass is 463 g/mol.